The maximum Gasteiger partial charge on any atom is 0.220 e. The van der Waals surface area contributed by atoms with E-state index in [1.165, 1.54) is 70.6 Å². The fraction of sp³-hybridized carbons (Fsp3) is 0.667. The van der Waals surface area contributed by atoms with Crippen LogP contribution in [-0.2, 0) is 11.3 Å². The van der Waals surface area contributed by atoms with Crippen molar-refractivity contribution in [2.24, 2.45) is 0 Å². The van der Waals surface area contributed by atoms with Crippen molar-refractivity contribution >= 4 is 5.91 Å². The number of nitrogens with one attached hydrogen (secondary N) is 1. The van der Waals surface area contributed by atoms with Crippen LogP contribution in [0.25, 0.3) is 0 Å². The molecule has 0 atom stereocenters. The van der Waals surface area contributed by atoms with Crippen LogP contribution in [0.15, 0.2) is 36.7 Å². The first-order chi connectivity index (χ1) is 13.3. The molecule has 1 heterocycles. The number of rotatable bonds is 17. The Morgan fingerprint density at radius 2 is 1.41 bits per heavy atom. The predicted molar refractivity (Wildman–Crippen MR) is 116 cm³/mol. The normalized spacial score (nSPS) is 11.1. The van der Waals surface area contributed by atoms with Crippen molar-refractivity contribution < 1.29 is 4.79 Å². The number of unbranched alkanes of at least 4 members (excludes halogenated alkanes) is 11. The lowest BCUT2D eigenvalue weighted by Crippen LogP contribution is -2.22. The number of hydrogen-bond donors (Lipinski definition) is 1. The van der Waals surface area contributed by atoms with Crippen LogP contribution >= 0.6 is 0 Å². The fourth-order valence-corrected chi connectivity index (χ4v) is 3.15. The second-order valence-electron chi connectivity index (χ2n) is 7.47. The number of nitrogens with zero attached hydrogens (tertiary/aromatic N) is 1. The second kappa shape index (κ2) is 17.8. The summed E-state index contributed by atoms with van der Waals surface area (Å²) >= 11 is 0. The molecule has 1 N–H and O–H groups in total. The van der Waals surface area contributed by atoms with Crippen LogP contribution in [0.3, 0.4) is 0 Å². The minimum atomic E-state index is 0.157. The Balaban J connectivity index is 1.82. The van der Waals surface area contributed by atoms with Crippen molar-refractivity contribution in [3.8, 4) is 0 Å². The fourth-order valence-electron chi connectivity index (χ4n) is 3.15. The molecule has 0 saturated carbocycles. The second-order valence-corrected chi connectivity index (χ2v) is 7.47. The SMILES string of the molecule is CCCCCCCC/C=C\CCCCCCCC(=O)NCc1ccncc1. The van der Waals surface area contributed by atoms with Gasteiger partial charge in [-0.15, -0.1) is 0 Å². The molecule has 1 aromatic rings. The molecule has 0 unspecified atom stereocenters. The summed E-state index contributed by atoms with van der Waals surface area (Å²) in [7, 11) is 0. The Morgan fingerprint density at radius 3 is 2.04 bits per heavy atom. The number of hydrogen-bond acceptors (Lipinski definition) is 2. The highest BCUT2D eigenvalue weighted by Gasteiger charge is 2.01. The van der Waals surface area contributed by atoms with E-state index in [1.54, 1.807) is 12.4 Å². The molecule has 0 aliphatic carbocycles. The van der Waals surface area contributed by atoms with Crippen molar-refractivity contribution in [2.75, 3.05) is 0 Å². The van der Waals surface area contributed by atoms with E-state index >= 15 is 0 Å². The number of aromatic nitrogens is 1. The molecule has 1 aromatic heterocycles. The summed E-state index contributed by atoms with van der Waals surface area (Å²) < 4.78 is 0. The summed E-state index contributed by atoms with van der Waals surface area (Å²) in [6.45, 7) is 2.87. The van der Waals surface area contributed by atoms with Gasteiger partial charge in [0.05, 0.1) is 0 Å². The van der Waals surface area contributed by atoms with Gasteiger partial charge in [0.25, 0.3) is 0 Å². The first-order valence-electron chi connectivity index (χ1n) is 11.1. The molecule has 0 fully saturated rings. The molecule has 0 aliphatic heterocycles. The molecule has 152 valence electrons. The summed E-state index contributed by atoms with van der Waals surface area (Å²) in [5.41, 5.74) is 1.10. The minimum absolute atomic E-state index is 0.157. The van der Waals surface area contributed by atoms with E-state index < -0.39 is 0 Å². The predicted octanol–water partition coefficient (Wildman–Crippen LogP) is 6.74. The van der Waals surface area contributed by atoms with Gasteiger partial charge in [-0.25, -0.2) is 0 Å². The summed E-state index contributed by atoms with van der Waals surface area (Å²) in [4.78, 5) is 15.8. The Hall–Kier alpha value is -1.64. The van der Waals surface area contributed by atoms with E-state index in [9.17, 15) is 4.79 Å². The first-order valence-corrected chi connectivity index (χ1v) is 11.1. The summed E-state index contributed by atoms with van der Waals surface area (Å²) in [5.74, 6) is 0.157. The van der Waals surface area contributed by atoms with Crippen LogP contribution < -0.4 is 5.32 Å². The number of pyridine rings is 1. The molecular weight excluding hydrogens is 332 g/mol. The molecule has 27 heavy (non-hydrogen) atoms. The highest BCUT2D eigenvalue weighted by atomic mass is 16.1. The lowest BCUT2D eigenvalue weighted by molar-refractivity contribution is -0.121. The lowest BCUT2D eigenvalue weighted by atomic mass is 10.1. The van der Waals surface area contributed by atoms with Gasteiger partial charge in [0.1, 0.15) is 0 Å². The minimum Gasteiger partial charge on any atom is -0.352 e. The third-order valence-corrected chi connectivity index (χ3v) is 4.90. The van der Waals surface area contributed by atoms with Gasteiger partial charge in [0.2, 0.25) is 5.91 Å². The van der Waals surface area contributed by atoms with Crippen molar-refractivity contribution in [3.63, 3.8) is 0 Å². The molecule has 0 spiro atoms. The zero-order valence-corrected chi connectivity index (χ0v) is 17.4. The monoisotopic (exact) mass is 372 g/mol. The van der Waals surface area contributed by atoms with E-state index in [0.717, 1.165) is 18.4 Å². The number of amides is 1. The van der Waals surface area contributed by atoms with E-state index in [1.807, 2.05) is 12.1 Å². The Bertz CT molecular complexity index is 484. The maximum atomic E-state index is 11.8. The van der Waals surface area contributed by atoms with Gasteiger partial charge in [-0.05, 0) is 49.8 Å². The first kappa shape index (κ1) is 23.4. The average Bonchev–Trinajstić information content (AvgIpc) is 2.70. The van der Waals surface area contributed by atoms with Crippen LogP contribution in [-0.4, -0.2) is 10.9 Å². The maximum absolute atomic E-state index is 11.8. The molecule has 0 aromatic carbocycles. The number of carbonyl (C=O) groups is 1. The molecule has 0 radical (unpaired) electrons. The lowest BCUT2D eigenvalue weighted by Gasteiger charge is -2.05. The van der Waals surface area contributed by atoms with Crippen LogP contribution in [0.5, 0.6) is 0 Å². The quantitative estimate of drug-likeness (QED) is 0.243. The van der Waals surface area contributed by atoms with Gasteiger partial charge in [-0.1, -0.05) is 70.4 Å². The van der Waals surface area contributed by atoms with E-state index in [-0.39, 0.29) is 5.91 Å². The van der Waals surface area contributed by atoms with Crippen molar-refractivity contribution in [2.45, 2.75) is 103 Å². The van der Waals surface area contributed by atoms with Gasteiger partial charge >= 0.3 is 0 Å². The third-order valence-electron chi connectivity index (χ3n) is 4.90. The highest BCUT2D eigenvalue weighted by Crippen LogP contribution is 2.10. The van der Waals surface area contributed by atoms with E-state index in [2.05, 4.69) is 29.4 Å². The molecular formula is C24H40N2O. The Kier molecular flexibility index (Phi) is 15.4. The Morgan fingerprint density at radius 1 is 0.852 bits per heavy atom. The zero-order valence-electron chi connectivity index (χ0n) is 17.4. The zero-order chi connectivity index (χ0) is 19.4. The van der Waals surface area contributed by atoms with E-state index in [0.29, 0.717) is 13.0 Å². The summed E-state index contributed by atoms with van der Waals surface area (Å²) in [5, 5.41) is 2.97. The topological polar surface area (TPSA) is 42.0 Å². The summed E-state index contributed by atoms with van der Waals surface area (Å²) in [6, 6.07) is 3.87. The van der Waals surface area contributed by atoms with Crippen LogP contribution in [0.4, 0.5) is 0 Å². The average molecular weight is 373 g/mol. The highest BCUT2D eigenvalue weighted by molar-refractivity contribution is 5.75. The summed E-state index contributed by atoms with van der Waals surface area (Å²) in [6.07, 6.45) is 25.6. The van der Waals surface area contributed by atoms with Crippen LogP contribution in [0, 0.1) is 0 Å². The van der Waals surface area contributed by atoms with E-state index in [4.69, 9.17) is 0 Å². The molecule has 0 aliphatic rings. The van der Waals surface area contributed by atoms with Gasteiger partial charge in [-0.2, -0.15) is 0 Å². The Labute approximate surface area is 167 Å². The standard InChI is InChI=1S/C24H40N2O/c1-2-3-4-5-6-7-8-9-10-11-12-13-14-15-16-17-24(27)26-22-23-18-20-25-21-19-23/h9-10,18-21H,2-8,11-17,22H2,1H3,(H,26,27)/b10-9-. The van der Waals surface area contributed by atoms with Gasteiger partial charge in [0.15, 0.2) is 0 Å². The smallest absolute Gasteiger partial charge is 0.220 e. The van der Waals surface area contributed by atoms with Crippen molar-refractivity contribution in [3.05, 3.63) is 42.2 Å². The molecule has 3 heteroatoms. The number of allylic oxidation sites excluding steroid dienone is 2. The third kappa shape index (κ3) is 15.1. The molecule has 0 bridgehead atoms. The van der Waals surface area contributed by atoms with Crippen molar-refractivity contribution in [1.82, 2.24) is 10.3 Å². The van der Waals surface area contributed by atoms with Gasteiger partial charge in [0, 0.05) is 25.4 Å². The van der Waals surface area contributed by atoms with Crippen molar-refractivity contribution in [1.29, 1.82) is 0 Å². The molecule has 1 rings (SSSR count). The van der Waals surface area contributed by atoms with Gasteiger partial charge < -0.3 is 5.32 Å². The molecule has 3 nitrogen and oxygen atoms in total. The number of carbonyl (C=O) groups excluding carboxylic acids is 1. The molecule has 0 saturated heterocycles. The van der Waals surface area contributed by atoms with Gasteiger partial charge in [-0.3, -0.25) is 9.78 Å². The van der Waals surface area contributed by atoms with Crippen LogP contribution in [0.2, 0.25) is 0 Å². The largest absolute Gasteiger partial charge is 0.352 e. The molecule has 1 amide bonds. The van der Waals surface area contributed by atoms with Crippen LogP contribution in [0.1, 0.15) is 102 Å².